The van der Waals surface area contributed by atoms with Crippen LogP contribution in [0.15, 0.2) is 127 Å². The molecule has 328 valence electrons. The molecule has 1 heterocycles. The van der Waals surface area contributed by atoms with Crippen molar-refractivity contribution in [2.75, 3.05) is 19.6 Å². The van der Waals surface area contributed by atoms with Crippen LogP contribution >= 0.6 is 0 Å². The molecule has 0 aliphatic carbocycles. The molecule has 1 saturated heterocycles. The number of nitrogens with one attached hydrogen (secondary N) is 5. The van der Waals surface area contributed by atoms with Gasteiger partial charge in [0, 0.05) is 36.3 Å². The minimum Gasteiger partial charge on any atom is -0.368 e. The van der Waals surface area contributed by atoms with Crippen LogP contribution in [-0.2, 0) is 43.2 Å². The number of hydrogen-bond acceptors (Lipinski definition) is 8. The Balaban J connectivity index is 1.29. The number of hydrogen-bond donors (Lipinski definition) is 7. The molecule has 9 N–H and O–H groups in total. The van der Waals surface area contributed by atoms with Gasteiger partial charge in [0.05, 0.1) is 0 Å². The summed E-state index contributed by atoms with van der Waals surface area (Å²) in [5, 5.41) is 16.8. The van der Waals surface area contributed by atoms with Gasteiger partial charge in [0.15, 0.2) is 5.78 Å². The van der Waals surface area contributed by atoms with E-state index in [1.807, 2.05) is 78.9 Å². The van der Waals surface area contributed by atoms with Crippen molar-refractivity contribution < 1.29 is 28.8 Å². The standard InChI is InChI=1S/C50H57N7O6/c51-26-10-9-17-41(46(52)59)54-48(61)42(30-33-11-3-1-4-12-33)56-49(62)43(31-34-18-22-38(23-19-34)45(58)37-14-5-2-6-15-37)57-50(63)44(55-47(60)39-24-27-53-28-25-39)32-35-20-21-36-13-7-8-16-40(36)29-35/h1-8,11-16,18-23,29,39,41-44,53H,9-10,17,24-28,30-32,51H2,(H2,52,59)(H,54,61)(H,55,60)(H,56,62)(H,57,63)/t41-,42-,43+,44+/m0/s1. The molecule has 1 aliphatic rings. The highest BCUT2D eigenvalue weighted by molar-refractivity contribution is 6.09. The maximum atomic E-state index is 14.6. The topological polar surface area (TPSA) is 215 Å². The molecule has 5 aromatic carbocycles. The quantitative estimate of drug-likeness (QED) is 0.0427. The van der Waals surface area contributed by atoms with E-state index in [-0.39, 0.29) is 43.3 Å². The fourth-order valence-corrected chi connectivity index (χ4v) is 7.83. The number of amides is 5. The maximum Gasteiger partial charge on any atom is 0.243 e. The van der Waals surface area contributed by atoms with E-state index in [0.29, 0.717) is 62.0 Å². The third-order valence-electron chi connectivity index (χ3n) is 11.4. The smallest absolute Gasteiger partial charge is 0.243 e. The number of primary amides is 1. The van der Waals surface area contributed by atoms with Gasteiger partial charge in [0.1, 0.15) is 24.2 Å². The monoisotopic (exact) mass is 851 g/mol. The first kappa shape index (κ1) is 45.8. The number of ketones is 1. The van der Waals surface area contributed by atoms with Crippen LogP contribution in [0.2, 0.25) is 0 Å². The van der Waals surface area contributed by atoms with Crippen molar-refractivity contribution in [3.63, 3.8) is 0 Å². The fourth-order valence-electron chi connectivity index (χ4n) is 7.83. The molecule has 6 rings (SSSR count). The number of carbonyl (C=O) groups excluding carboxylic acids is 6. The zero-order valence-corrected chi connectivity index (χ0v) is 35.4. The molecule has 5 amide bonds. The zero-order chi connectivity index (χ0) is 44.6. The Morgan fingerprint density at radius 1 is 0.540 bits per heavy atom. The van der Waals surface area contributed by atoms with Crippen LogP contribution in [0.4, 0.5) is 0 Å². The van der Waals surface area contributed by atoms with Crippen molar-refractivity contribution in [1.29, 1.82) is 0 Å². The first-order valence-corrected chi connectivity index (χ1v) is 21.7. The third kappa shape index (κ3) is 13.4. The molecule has 0 aromatic heterocycles. The Hall–Kier alpha value is -6.70. The lowest BCUT2D eigenvalue weighted by Gasteiger charge is -2.28. The number of rotatable bonds is 21. The lowest BCUT2D eigenvalue weighted by molar-refractivity contribution is -0.135. The Labute approximate surface area is 368 Å². The first-order chi connectivity index (χ1) is 30.6. The number of benzene rings is 5. The van der Waals surface area contributed by atoms with Gasteiger partial charge < -0.3 is 38.1 Å². The van der Waals surface area contributed by atoms with E-state index in [1.165, 1.54) is 0 Å². The van der Waals surface area contributed by atoms with Crippen molar-refractivity contribution in [1.82, 2.24) is 26.6 Å². The predicted molar refractivity (Wildman–Crippen MR) is 243 cm³/mol. The van der Waals surface area contributed by atoms with Gasteiger partial charge in [-0.05, 0) is 79.2 Å². The molecule has 4 atom stereocenters. The van der Waals surface area contributed by atoms with Gasteiger partial charge in [0.2, 0.25) is 29.5 Å². The summed E-state index contributed by atoms with van der Waals surface area (Å²) in [4.78, 5) is 82.6. The zero-order valence-electron chi connectivity index (χ0n) is 35.4. The highest BCUT2D eigenvalue weighted by Gasteiger charge is 2.33. The summed E-state index contributed by atoms with van der Waals surface area (Å²) in [6.07, 6.45) is 2.90. The van der Waals surface area contributed by atoms with Crippen molar-refractivity contribution >= 4 is 46.1 Å². The average molecular weight is 852 g/mol. The SMILES string of the molecule is NCCCC[C@H](NC(=O)[C@H](Cc1ccccc1)NC(=O)[C@@H](Cc1ccc(C(=O)c2ccccc2)cc1)NC(=O)[C@@H](Cc1ccc2ccccc2c1)NC(=O)C1CCNCC1)C(N)=O. The lowest BCUT2D eigenvalue weighted by atomic mass is 9.95. The second kappa shape index (κ2) is 22.9. The molecular weight excluding hydrogens is 795 g/mol. The molecule has 1 aliphatic heterocycles. The average Bonchev–Trinajstić information content (AvgIpc) is 3.31. The number of piperidine rings is 1. The van der Waals surface area contributed by atoms with Gasteiger partial charge in [-0.3, -0.25) is 28.8 Å². The van der Waals surface area contributed by atoms with E-state index in [9.17, 15) is 28.8 Å². The van der Waals surface area contributed by atoms with E-state index < -0.39 is 47.8 Å². The van der Waals surface area contributed by atoms with Crippen LogP contribution in [0.5, 0.6) is 0 Å². The van der Waals surface area contributed by atoms with Crippen molar-refractivity contribution in [3.05, 3.63) is 155 Å². The summed E-state index contributed by atoms with van der Waals surface area (Å²) in [5.41, 5.74) is 14.5. The van der Waals surface area contributed by atoms with Crippen LogP contribution in [0.1, 0.15) is 64.7 Å². The number of unbranched alkanes of at least 4 members (excludes halogenated alkanes) is 1. The Bertz CT molecular complexity index is 2330. The van der Waals surface area contributed by atoms with Gasteiger partial charge >= 0.3 is 0 Å². The summed E-state index contributed by atoms with van der Waals surface area (Å²) in [7, 11) is 0. The largest absolute Gasteiger partial charge is 0.368 e. The molecule has 0 saturated carbocycles. The molecule has 5 aromatic rings. The lowest BCUT2D eigenvalue weighted by Crippen LogP contribution is -2.59. The molecular formula is C50H57N7O6. The molecule has 63 heavy (non-hydrogen) atoms. The molecule has 13 heteroatoms. The molecule has 0 unspecified atom stereocenters. The Morgan fingerprint density at radius 3 is 1.63 bits per heavy atom. The second-order valence-electron chi connectivity index (χ2n) is 16.1. The molecule has 1 fully saturated rings. The van der Waals surface area contributed by atoms with Gasteiger partial charge in [-0.25, -0.2) is 0 Å². The highest BCUT2D eigenvalue weighted by Crippen LogP contribution is 2.19. The second-order valence-corrected chi connectivity index (χ2v) is 16.1. The number of carbonyl (C=O) groups is 6. The van der Waals surface area contributed by atoms with Crippen LogP contribution in [0.3, 0.4) is 0 Å². The third-order valence-corrected chi connectivity index (χ3v) is 11.4. The fraction of sp³-hybridized carbons (Fsp3) is 0.320. The molecule has 0 radical (unpaired) electrons. The Morgan fingerprint density at radius 2 is 1.03 bits per heavy atom. The van der Waals surface area contributed by atoms with Crippen molar-refractivity contribution in [3.8, 4) is 0 Å². The van der Waals surface area contributed by atoms with E-state index in [1.54, 1.807) is 48.5 Å². The van der Waals surface area contributed by atoms with Crippen LogP contribution < -0.4 is 38.1 Å². The summed E-state index contributed by atoms with van der Waals surface area (Å²) >= 11 is 0. The summed E-state index contributed by atoms with van der Waals surface area (Å²) in [6, 6.07) is 34.0. The van der Waals surface area contributed by atoms with Gasteiger partial charge in [-0.1, -0.05) is 127 Å². The number of fused-ring (bicyclic) bond motifs is 1. The van der Waals surface area contributed by atoms with Crippen LogP contribution in [-0.4, -0.2) is 79.1 Å². The summed E-state index contributed by atoms with van der Waals surface area (Å²) in [5.74, 6) is -3.29. The maximum absolute atomic E-state index is 14.6. The van der Waals surface area contributed by atoms with E-state index in [0.717, 1.165) is 21.9 Å². The molecule has 0 bridgehead atoms. The normalized spacial score (nSPS) is 14.7. The van der Waals surface area contributed by atoms with Crippen molar-refractivity contribution in [2.24, 2.45) is 17.4 Å². The molecule has 13 nitrogen and oxygen atoms in total. The predicted octanol–water partition coefficient (Wildman–Crippen LogP) is 3.65. The van der Waals surface area contributed by atoms with Crippen LogP contribution in [0, 0.1) is 5.92 Å². The van der Waals surface area contributed by atoms with Gasteiger partial charge in [0.25, 0.3) is 0 Å². The van der Waals surface area contributed by atoms with Gasteiger partial charge in [-0.2, -0.15) is 0 Å². The minimum absolute atomic E-state index is 0.0228. The number of nitrogens with two attached hydrogens (primary N) is 2. The minimum atomic E-state index is -1.24. The van der Waals surface area contributed by atoms with Crippen molar-refractivity contribution in [2.45, 2.75) is 75.5 Å². The first-order valence-electron chi connectivity index (χ1n) is 21.7. The Kier molecular flexibility index (Phi) is 16.7. The summed E-state index contributed by atoms with van der Waals surface area (Å²) < 4.78 is 0. The summed E-state index contributed by atoms with van der Waals surface area (Å²) in [6.45, 7) is 1.78. The van der Waals surface area contributed by atoms with Gasteiger partial charge in [-0.15, -0.1) is 0 Å². The van der Waals surface area contributed by atoms with Crippen LogP contribution in [0.25, 0.3) is 10.8 Å². The van der Waals surface area contributed by atoms with E-state index >= 15 is 0 Å². The van der Waals surface area contributed by atoms with E-state index in [2.05, 4.69) is 26.6 Å². The van der Waals surface area contributed by atoms with E-state index in [4.69, 9.17) is 11.5 Å². The molecule has 0 spiro atoms. The highest BCUT2D eigenvalue weighted by atomic mass is 16.2.